The quantitative estimate of drug-likeness (QED) is 0.699. The van der Waals surface area contributed by atoms with Crippen LogP contribution in [0.25, 0.3) is 0 Å². The van der Waals surface area contributed by atoms with Gasteiger partial charge in [0.2, 0.25) is 11.8 Å². The molecule has 1 heterocycles. The van der Waals surface area contributed by atoms with Gasteiger partial charge in [0, 0.05) is 24.8 Å². The summed E-state index contributed by atoms with van der Waals surface area (Å²) < 4.78 is 0. The summed E-state index contributed by atoms with van der Waals surface area (Å²) in [6, 6.07) is 0. The van der Waals surface area contributed by atoms with Crippen LogP contribution < -0.4 is 0 Å². The van der Waals surface area contributed by atoms with E-state index in [1.807, 2.05) is 0 Å². The second-order valence-electron chi connectivity index (χ2n) is 4.74. The van der Waals surface area contributed by atoms with Crippen LogP contribution in [0.5, 0.6) is 0 Å². The van der Waals surface area contributed by atoms with Gasteiger partial charge in [-0.1, -0.05) is 0 Å². The van der Waals surface area contributed by atoms with Crippen LogP contribution in [0.15, 0.2) is 0 Å². The third kappa shape index (κ3) is 2.20. The SMILES string of the molecule is O=C1CCCCC(=O)N1CC1(CO)CC1. The number of aliphatic hydroxyl groups excluding tert-OH is 1. The van der Waals surface area contributed by atoms with Gasteiger partial charge in [-0.05, 0) is 25.7 Å². The topological polar surface area (TPSA) is 57.6 Å². The van der Waals surface area contributed by atoms with E-state index in [0.29, 0.717) is 19.4 Å². The molecule has 1 saturated carbocycles. The summed E-state index contributed by atoms with van der Waals surface area (Å²) in [6.45, 7) is 0.519. The van der Waals surface area contributed by atoms with E-state index in [1.165, 1.54) is 4.90 Å². The lowest BCUT2D eigenvalue weighted by Gasteiger charge is -2.23. The first kappa shape index (κ1) is 10.6. The van der Waals surface area contributed by atoms with Gasteiger partial charge in [-0.3, -0.25) is 14.5 Å². The summed E-state index contributed by atoms with van der Waals surface area (Å²) >= 11 is 0. The highest BCUT2D eigenvalue weighted by molar-refractivity contribution is 5.96. The number of imide groups is 1. The lowest BCUT2D eigenvalue weighted by molar-refractivity contribution is -0.145. The van der Waals surface area contributed by atoms with Crippen molar-refractivity contribution in [1.29, 1.82) is 0 Å². The minimum Gasteiger partial charge on any atom is -0.396 e. The molecule has 0 aromatic rings. The predicted molar refractivity (Wildman–Crippen MR) is 53.9 cm³/mol. The lowest BCUT2D eigenvalue weighted by Crippen LogP contribution is -2.40. The third-order valence-electron chi connectivity index (χ3n) is 3.42. The van der Waals surface area contributed by atoms with Gasteiger partial charge in [0.05, 0.1) is 6.61 Å². The fourth-order valence-electron chi connectivity index (χ4n) is 2.02. The average molecular weight is 211 g/mol. The molecule has 4 nitrogen and oxygen atoms in total. The number of rotatable bonds is 3. The fraction of sp³-hybridized carbons (Fsp3) is 0.818. The number of hydrogen-bond donors (Lipinski definition) is 1. The van der Waals surface area contributed by atoms with Crippen LogP contribution in [-0.4, -0.2) is 35.0 Å². The van der Waals surface area contributed by atoms with Crippen LogP contribution in [0, 0.1) is 5.41 Å². The zero-order valence-electron chi connectivity index (χ0n) is 8.87. The Kier molecular flexibility index (Phi) is 2.78. The first-order chi connectivity index (χ1) is 7.17. The third-order valence-corrected chi connectivity index (χ3v) is 3.42. The maximum atomic E-state index is 11.7. The molecule has 0 unspecified atom stereocenters. The van der Waals surface area contributed by atoms with Gasteiger partial charge >= 0.3 is 0 Å². The monoisotopic (exact) mass is 211 g/mol. The van der Waals surface area contributed by atoms with Crippen molar-refractivity contribution in [2.75, 3.05) is 13.2 Å². The highest BCUT2D eigenvalue weighted by atomic mass is 16.3. The Bertz CT molecular complexity index is 266. The van der Waals surface area contributed by atoms with E-state index in [9.17, 15) is 14.7 Å². The maximum Gasteiger partial charge on any atom is 0.229 e. The first-order valence-electron chi connectivity index (χ1n) is 5.61. The Morgan fingerprint density at radius 3 is 2.07 bits per heavy atom. The van der Waals surface area contributed by atoms with Crippen LogP contribution in [0.2, 0.25) is 0 Å². The molecule has 4 heteroatoms. The molecule has 1 saturated heterocycles. The van der Waals surface area contributed by atoms with Crippen molar-refractivity contribution in [2.45, 2.75) is 38.5 Å². The molecule has 0 aromatic carbocycles. The zero-order chi connectivity index (χ0) is 10.9. The largest absolute Gasteiger partial charge is 0.396 e. The molecular formula is C11H17NO3. The van der Waals surface area contributed by atoms with Gasteiger partial charge in [0.15, 0.2) is 0 Å². The predicted octanol–water partition coefficient (Wildman–Crippen LogP) is 0.688. The molecule has 15 heavy (non-hydrogen) atoms. The van der Waals surface area contributed by atoms with Crippen molar-refractivity contribution in [3.05, 3.63) is 0 Å². The lowest BCUT2D eigenvalue weighted by atomic mass is 10.1. The van der Waals surface area contributed by atoms with Crippen LogP contribution in [-0.2, 0) is 9.59 Å². The second-order valence-corrected chi connectivity index (χ2v) is 4.74. The van der Waals surface area contributed by atoms with Gasteiger partial charge in [0.25, 0.3) is 0 Å². The summed E-state index contributed by atoms with van der Waals surface area (Å²) in [4.78, 5) is 24.7. The van der Waals surface area contributed by atoms with Crippen molar-refractivity contribution in [1.82, 2.24) is 4.90 Å². The minimum absolute atomic E-state index is 0.0581. The zero-order valence-corrected chi connectivity index (χ0v) is 8.87. The van der Waals surface area contributed by atoms with Crippen molar-refractivity contribution in [3.63, 3.8) is 0 Å². The summed E-state index contributed by atoms with van der Waals surface area (Å²) in [5, 5.41) is 9.18. The van der Waals surface area contributed by atoms with Crippen molar-refractivity contribution < 1.29 is 14.7 Å². The number of hydrogen-bond acceptors (Lipinski definition) is 3. The molecule has 1 aliphatic carbocycles. The molecule has 0 atom stereocenters. The van der Waals surface area contributed by atoms with E-state index in [4.69, 9.17) is 0 Å². The van der Waals surface area contributed by atoms with Crippen LogP contribution in [0.4, 0.5) is 0 Å². The van der Waals surface area contributed by atoms with Crippen LogP contribution >= 0.6 is 0 Å². The number of carbonyl (C=O) groups is 2. The minimum atomic E-state index is -0.157. The highest BCUT2D eigenvalue weighted by Gasteiger charge is 2.45. The summed E-state index contributed by atoms with van der Waals surface area (Å²) in [5.41, 5.74) is -0.157. The second kappa shape index (κ2) is 3.93. The van der Waals surface area contributed by atoms with Gasteiger partial charge in [0.1, 0.15) is 0 Å². The number of aliphatic hydroxyl groups is 1. The van der Waals surface area contributed by atoms with E-state index in [1.54, 1.807) is 0 Å². The van der Waals surface area contributed by atoms with Crippen molar-refractivity contribution >= 4 is 11.8 Å². The smallest absolute Gasteiger partial charge is 0.229 e. The van der Waals surface area contributed by atoms with Crippen LogP contribution in [0.3, 0.4) is 0 Å². The molecule has 0 radical (unpaired) electrons. The molecule has 0 aromatic heterocycles. The molecule has 0 bridgehead atoms. The van der Waals surface area contributed by atoms with E-state index in [2.05, 4.69) is 0 Å². The molecule has 2 aliphatic rings. The molecule has 1 aliphatic heterocycles. The highest BCUT2D eigenvalue weighted by Crippen LogP contribution is 2.46. The number of likely N-dealkylation sites (tertiary alicyclic amines) is 1. The number of carbonyl (C=O) groups excluding carboxylic acids is 2. The first-order valence-corrected chi connectivity index (χ1v) is 5.61. The van der Waals surface area contributed by atoms with Crippen molar-refractivity contribution in [2.24, 2.45) is 5.41 Å². The van der Waals surface area contributed by atoms with E-state index >= 15 is 0 Å². The van der Waals surface area contributed by atoms with E-state index < -0.39 is 0 Å². The van der Waals surface area contributed by atoms with E-state index in [-0.39, 0.29) is 23.8 Å². The molecule has 2 rings (SSSR count). The summed E-state index contributed by atoms with van der Waals surface area (Å²) in [5.74, 6) is -0.116. The Morgan fingerprint density at radius 2 is 1.67 bits per heavy atom. The summed E-state index contributed by atoms with van der Waals surface area (Å²) in [6.07, 6.45) is 4.45. The fourth-order valence-corrected chi connectivity index (χ4v) is 2.02. The molecule has 0 spiro atoms. The Hall–Kier alpha value is -0.900. The van der Waals surface area contributed by atoms with E-state index in [0.717, 1.165) is 25.7 Å². The Balaban J connectivity index is 2.04. The molecular weight excluding hydrogens is 194 g/mol. The number of amides is 2. The van der Waals surface area contributed by atoms with Crippen LogP contribution in [0.1, 0.15) is 38.5 Å². The molecule has 84 valence electrons. The standard InChI is InChI=1S/C11H17NO3/c13-8-11(5-6-11)7-12-9(14)3-1-2-4-10(12)15/h13H,1-8H2. The van der Waals surface area contributed by atoms with Gasteiger partial charge in [-0.15, -0.1) is 0 Å². The van der Waals surface area contributed by atoms with Gasteiger partial charge < -0.3 is 5.11 Å². The summed E-state index contributed by atoms with van der Waals surface area (Å²) in [7, 11) is 0. The normalized spacial score (nSPS) is 25.3. The van der Waals surface area contributed by atoms with Crippen molar-refractivity contribution in [3.8, 4) is 0 Å². The van der Waals surface area contributed by atoms with Gasteiger partial charge in [-0.25, -0.2) is 0 Å². The molecule has 1 N–H and O–H groups in total. The average Bonchev–Trinajstić information content (AvgIpc) is 3.01. The maximum absolute atomic E-state index is 11.7. The Labute approximate surface area is 89.3 Å². The van der Waals surface area contributed by atoms with Gasteiger partial charge in [-0.2, -0.15) is 0 Å². The number of nitrogens with zero attached hydrogens (tertiary/aromatic N) is 1. The molecule has 2 fully saturated rings. The Morgan fingerprint density at radius 1 is 1.13 bits per heavy atom. The molecule has 2 amide bonds.